The SMILES string of the molecule is C/C(=C\C(=O)Nc1ccc(C(N)=O)cc1)NNC(=O)Cc1csc(N)n1. The van der Waals surface area contributed by atoms with Crippen LogP contribution in [0.5, 0.6) is 0 Å². The summed E-state index contributed by atoms with van der Waals surface area (Å²) in [6.45, 7) is 1.62. The van der Waals surface area contributed by atoms with Gasteiger partial charge in [0.1, 0.15) is 0 Å². The fourth-order valence-electron chi connectivity index (χ4n) is 1.91. The van der Waals surface area contributed by atoms with Crippen molar-refractivity contribution < 1.29 is 14.4 Å². The average molecular weight is 374 g/mol. The van der Waals surface area contributed by atoms with Crippen LogP contribution in [-0.4, -0.2) is 22.7 Å². The second kappa shape index (κ2) is 8.62. The van der Waals surface area contributed by atoms with E-state index in [0.29, 0.717) is 27.8 Å². The quantitative estimate of drug-likeness (QED) is 0.352. The van der Waals surface area contributed by atoms with E-state index in [1.54, 1.807) is 24.4 Å². The molecular formula is C16H18N6O3S. The summed E-state index contributed by atoms with van der Waals surface area (Å²) in [7, 11) is 0. The Balaban J connectivity index is 1.81. The van der Waals surface area contributed by atoms with E-state index in [9.17, 15) is 14.4 Å². The molecule has 1 aromatic heterocycles. The molecule has 7 N–H and O–H groups in total. The highest BCUT2D eigenvalue weighted by Gasteiger charge is 2.07. The van der Waals surface area contributed by atoms with Crippen molar-refractivity contribution >= 4 is 39.9 Å². The standard InChI is InChI=1S/C16H18N6O3S/c1-9(21-22-14(24)7-12-8-26-16(18)20-12)6-13(23)19-11-4-2-10(3-5-11)15(17)25/h2-6,8,21H,7H2,1H3,(H2,17,25)(H2,18,20)(H,19,23)(H,22,24)/b9-6+. The van der Waals surface area contributed by atoms with Gasteiger partial charge in [0.25, 0.3) is 0 Å². The number of nitrogen functional groups attached to an aromatic ring is 1. The highest BCUT2D eigenvalue weighted by molar-refractivity contribution is 7.13. The van der Waals surface area contributed by atoms with Crippen molar-refractivity contribution in [3.8, 4) is 0 Å². The van der Waals surface area contributed by atoms with Crippen molar-refractivity contribution in [2.24, 2.45) is 5.73 Å². The predicted molar refractivity (Wildman–Crippen MR) is 98.9 cm³/mol. The Hall–Kier alpha value is -3.40. The topological polar surface area (TPSA) is 152 Å². The minimum Gasteiger partial charge on any atom is -0.375 e. The monoisotopic (exact) mass is 374 g/mol. The van der Waals surface area contributed by atoms with Gasteiger partial charge in [-0.2, -0.15) is 0 Å². The number of nitrogens with two attached hydrogens (primary N) is 2. The average Bonchev–Trinajstić information content (AvgIpc) is 2.98. The first-order chi connectivity index (χ1) is 12.3. The smallest absolute Gasteiger partial charge is 0.250 e. The number of amides is 3. The van der Waals surface area contributed by atoms with Crippen molar-refractivity contribution in [3.05, 3.63) is 52.7 Å². The van der Waals surface area contributed by atoms with Gasteiger partial charge in [-0.1, -0.05) is 0 Å². The van der Waals surface area contributed by atoms with E-state index in [0.717, 1.165) is 0 Å². The number of carbonyl (C=O) groups excluding carboxylic acids is 3. The third kappa shape index (κ3) is 5.91. The summed E-state index contributed by atoms with van der Waals surface area (Å²) in [5.41, 5.74) is 17.6. The minimum absolute atomic E-state index is 0.0758. The van der Waals surface area contributed by atoms with Crippen LogP contribution in [0.3, 0.4) is 0 Å². The van der Waals surface area contributed by atoms with Crippen LogP contribution in [0.15, 0.2) is 41.4 Å². The van der Waals surface area contributed by atoms with Crippen molar-refractivity contribution in [3.63, 3.8) is 0 Å². The molecule has 136 valence electrons. The molecule has 26 heavy (non-hydrogen) atoms. The summed E-state index contributed by atoms with van der Waals surface area (Å²) < 4.78 is 0. The van der Waals surface area contributed by atoms with E-state index in [4.69, 9.17) is 11.5 Å². The number of nitrogens with one attached hydrogen (secondary N) is 3. The van der Waals surface area contributed by atoms with Crippen molar-refractivity contribution in [1.82, 2.24) is 15.8 Å². The molecule has 1 aromatic carbocycles. The lowest BCUT2D eigenvalue weighted by Crippen LogP contribution is -2.37. The molecule has 0 aliphatic rings. The van der Waals surface area contributed by atoms with Gasteiger partial charge in [0.15, 0.2) is 5.13 Å². The van der Waals surface area contributed by atoms with Crippen LogP contribution in [-0.2, 0) is 16.0 Å². The van der Waals surface area contributed by atoms with Gasteiger partial charge >= 0.3 is 0 Å². The van der Waals surface area contributed by atoms with E-state index in [1.807, 2.05) is 0 Å². The number of anilines is 2. The molecule has 0 spiro atoms. The van der Waals surface area contributed by atoms with Crippen LogP contribution < -0.4 is 27.6 Å². The number of carbonyl (C=O) groups is 3. The second-order valence-electron chi connectivity index (χ2n) is 5.29. The van der Waals surface area contributed by atoms with Crippen LogP contribution in [0, 0.1) is 0 Å². The van der Waals surface area contributed by atoms with Gasteiger partial charge in [-0.05, 0) is 31.2 Å². The van der Waals surface area contributed by atoms with Crippen LogP contribution in [0.1, 0.15) is 23.0 Å². The van der Waals surface area contributed by atoms with Crippen molar-refractivity contribution in [2.45, 2.75) is 13.3 Å². The van der Waals surface area contributed by atoms with E-state index in [2.05, 4.69) is 21.2 Å². The van der Waals surface area contributed by atoms with Crippen LogP contribution in [0.4, 0.5) is 10.8 Å². The largest absolute Gasteiger partial charge is 0.375 e. The van der Waals surface area contributed by atoms with Gasteiger partial charge in [-0.25, -0.2) is 4.98 Å². The normalized spacial score (nSPS) is 10.9. The Labute approximate surface area is 153 Å². The molecule has 0 bridgehead atoms. The third-order valence-corrected chi connectivity index (χ3v) is 3.82. The molecule has 0 radical (unpaired) electrons. The molecule has 1 heterocycles. The molecule has 0 aliphatic heterocycles. The van der Waals surface area contributed by atoms with E-state index in [-0.39, 0.29) is 12.3 Å². The maximum absolute atomic E-state index is 11.9. The zero-order valence-electron chi connectivity index (χ0n) is 13.9. The van der Waals surface area contributed by atoms with E-state index in [1.165, 1.54) is 29.5 Å². The Morgan fingerprint density at radius 2 is 1.88 bits per heavy atom. The number of hydrazine groups is 1. The first-order valence-corrected chi connectivity index (χ1v) is 8.35. The molecule has 0 aliphatic carbocycles. The lowest BCUT2D eigenvalue weighted by molar-refractivity contribution is -0.121. The maximum atomic E-state index is 11.9. The molecular weight excluding hydrogens is 356 g/mol. The molecule has 9 nitrogen and oxygen atoms in total. The molecule has 0 fully saturated rings. The summed E-state index contributed by atoms with van der Waals surface area (Å²) in [6.07, 6.45) is 1.36. The zero-order chi connectivity index (χ0) is 19.1. The first kappa shape index (κ1) is 18.9. The van der Waals surface area contributed by atoms with Gasteiger partial charge in [0.2, 0.25) is 17.7 Å². The zero-order valence-corrected chi connectivity index (χ0v) is 14.7. The second-order valence-corrected chi connectivity index (χ2v) is 6.17. The Morgan fingerprint density at radius 3 is 2.46 bits per heavy atom. The number of primary amides is 1. The number of nitrogens with zero attached hydrogens (tertiary/aromatic N) is 1. The van der Waals surface area contributed by atoms with Crippen molar-refractivity contribution in [1.29, 1.82) is 0 Å². The maximum Gasteiger partial charge on any atom is 0.250 e. The van der Waals surface area contributed by atoms with Gasteiger partial charge in [0.05, 0.1) is 12.1 Å². The predicted octanol–water partition coefficient (Wildman–Crippen LogP) is 0.530. The molecule has 2 aromatic rings. The van der Waals surface area contributed by atoms with Gasteiger partial charge in [0, 0.05) is 28.4 Å². The molecule has 0 atom stereocenters. The highest BCUT2D eigenvalue weighted by atomic mass is 32.1. The molecule has 3 amide bonds. The fourth-order valence-corrected chi connectivity index (χ4v) is 2.47. The number of hydrogen-bond acceptors (Lipinski definition) is 7. The number of hydrogen-bond donors (Lipinski definition) is 5. The summed E-state index contributed by atoms with van der Waals surface area (Å²) in [5, 5.41) is 4.73. The highest BCUT2D eigenvalue weighted by Crippen LogP contribution is 2.11. The lowest BCUT2D eigenvalue weighted by Gasteiger charge is -2.08. The molecule has 0 saturated heterocycles. The summed E-state index contributed by atoms with van der Waals surface area (Å²) >= 11 is 1.26. The van der Waals surface area contributed by atoms with Crippen molar-refractivity contribution in [2.75, 3.05) is 11.1 Å². The first-order valence-electron chi connectivity index (χ1n) is 7.47. The van der Waals surface area contributed by atoms with E-state index < -0.39 is 11.8 Å². The molecule has 2 rings (SSSR count). The molecule has 0 unspecified atom stereocenters. The summed E-state index contributed by atoms with van der Waals surface area (Å²) in [6, 6.07) is 6.16. The summed E-state index contributed by atoms with van der Waals surface area (Å²) in [4.78, 5) is 38.7. The van der Waals surface area contributed by atoms with Crippen LogP contribution in [0.2, 0.25) is 0 Å². The minimum atomic E-state index is -0.543. The number of aromatic nitrogens is 1. The number of rotatable bonds is 7. The van der Waals surface area contributed by atoms with Gasteiger partial charge in [-0.3, -0.25) is 19.8 Å². The van der Waals surface area contributed by atoms with Crippen LogP contribution in [0.25, 0.3) is 0 Å². The van der Waals surface area contributed by atoms with Gasteiger partial charge < -0.3 is 22.2 Å². The van der Waals surface area contributed by atoms with Gasteiger partial charge in [-0.15, -0.1) is 11.3 Å². The molecule has 0 saturated carbocycles. The fraction of sp³-hybridized carbons (Fsp3) is 0.125. The number of benzene rings is 1. The van der Waals surface area contributed by atoms with E-state index >= 15 is 0 Å². The lowest BCUT2D eigenvalue weighted by atomic mass is 10.2. The summed E-state index contributed by atoms with van der Waals surface area (Å²) in [5.74, 6) is -1.26. The molecule has 10 heteroatoms. The van der Waals surface area contributed by atoms with Crippen LogP contribution >= 0.6 is 11.3 Å². The third-order valence-electron chi connectivity index (χ3n) is 3.09. The Kier molecular flexibility index (Phi) is 6.28. The Morgan fingerprint density at radius 1 is 1.19 bits per heavy atom. The Bertz CT molecular complexity index is 844. The number of thiazole rings is 1. The number of allylic oxidation sites excluding steroid dienone is 1.